The van der Waals surface area contributed by atoms with Crippen LogP contribution in [0.3, 0.4) is 0 Å². The molecule has 0 amide bonds. The molecule has 1 saturated heterocycles. The number of rotatable bonds is 5. The quantitative estimate of drug-likeness (QED) is 0.684. The van der Waals surface area contributed by atoms with Gasteiger partial charge < -0.3 is 9.64 Å². The Morgan fingerprint density at radius 2 is 1.80 bits per heavy atom. The van der Waals surface area contributed by atoms with Crippen molar-refractivity contribution < 1.29 is 4.74 Å². The van der Waals surface area contributed by atoms with E-state index < -0.39 is 0 Å². The molecule has 0 aliphatic carbocycles. The van der Waals surface area contributed by atoms with Gasteiger partial charge in [0.1, 0.15) is 0 Å². The molecule has 15 heavy (non-hydrogen) atoms. The fraction of sp³-hybridized carbons (Fsp3) is 0.538. The third-order valence-electron chi connectivity index (χ3n) is 2.86. The van der Waals surface area contributed by atoms with Crippen LogP contribution >= 0.6 is 0 Å². The average Bonchev–Trinajstić information content (AvgIpc) is 2.79. The summed E-state index contributed by atoms with van der Waals surface area (Å²) in [7, 11) is 0. The van der Waals surface area contributed by atoms with E-state index in [-0.39, 0.29) is 0 Å². The first kappa shape index (κ1) is 10.7. The van der Waals surface area contributed by atoms with E-state index in [9.17, 15) is 0 Å². The zero-order valence-corrected chi connectivity index (χ0v) is 9.19. The molecule has 0 unspecified atom stereocenters. The van der Waals surface area contributed by atoms with Gasteiger partial charge in [-0.05, 0) is 31.5 Å². The van der Waals surface area contributed by atoms with E-state index in [1.165, 1.54) is 31.5 Å². The van der Waals surface area contributed by atoms with Gasteiger partial charge in [0.2, 0.25) is 0 Å². The number of ether oxygens (including phenoxy) is 1. The normalized spacial score (nSPS) is 17.1. The van der Waals surface area contributed by atoms with Crippen molar-refractivity contribution in [3.63, 3.8) is 0 Å². The van der Waals surface area contributed by atoms with Crippen molar-refractivity contribution >= 4 is 0 Å². The van der Waals surface area contributed by atoms with Crippen molar-refractivity contribution in [3.8, 4) is 0 Å². The van der Waals surface area contributed by atoms with E-state index in [2.05, 4.69) is 29.2 Å². The second kappa shape index (κ2) is 5.89. The lowest BCUT2D eigenvalue weighted by Gasteiger charge is -2.14. The second-order valence-corrected chi connectivity index (χ2v) is 4.09. The van der Waals surface area contributed by atoms with Crippen molar-refractivity contribution in [2.45, 2.75) is 19.4 Å². The second-order valence-electron chi connectivity index (χ2n) is 4.09. The summed E-state index contributed by atoms with van der Waals surface area (Å²) in [6.45, 7) is 5.21. The minimum atomic E-state index is 0.745. The van der Waals surface area contributed by atoms with Crippen molar-refractivity contribution in [1.29, 1.82) is 0 Å². The van der Waals surface area contributed by atoms with Crippen molar-refractivity contribution in [2.75, 3.05) is 26.2 Å². The molecule has 2 heteroatoms. The molecule has 0 radical (unpaired) electrons. The first-order valence-electron chi connectivity index (χ1n) is 5.79. The number of nitrogens with zero attached hydrogens (tertiary/aromatic N) is 1. The maximum atomic E-state index is 5.64. The van der Waals surface area contributed by atoms with Gasteiger partial charge in [0.15, 0.2) is 0 Å². The highest BCUT2D eigenvalue weighted by Gasteiger charge is 2.10. The highest BCUT2D eigenvalue weighted by Crippen LogP contribution is 2.06. The number of hydrogen-bond donors (Lipinski definition) is 0. The molecule has 1 heterocycles. The lowest BCUT2D eigenvalue weighted by Crippen LogP contribution is -2.23. The fourth-order valence-electron chi connectivity index (χ4n) is 1.96. The Morgan fingerprint density at radius 3 is 2.53 bits per heavy atom. The average molecular weight is 205 g/mol. The Balaban J connectivity index is 1.59. The molecule has 1 fully saturated rings. The van der Waals surface area contributed by atoms with E-state index in [4.69, 9.17) is 4.74 Å². The van der Waals surface area contributed by atoms with Crippen LogP contribution in [0.2, 0.25) is 0 Å². The van der Waals surface area contributed by atoms with Crippen LogP contribution in [-0.4, -0.2) is 31.1 Å². The molecule has 1 aliphatic heterocycles. The molecule has 2 nitrogen and oxygen atoms in total. The van der Waals surface area contributed by atoms with Gasteiger partial charge in [-0.15, -0.1) is 0 Å². The van der Waals surface area contributed by atoms with Crippen LogP contribution in [0.1, 0.15) is 18.4 Å². The van der Waals surface area contributed by atoms with Gasteiger partial charge in [0, 0.05) is 6.54 Å². The van der Waals surface area contributed by atoms with E-state index in [0.29, 0.717) is 0 Å². The summed E-state index contributed by atoms with van der Waals surface area (Å²) in [5, 5.41) is 0. The predicted molar refractivity (Wildman–Crippen MR) is 61.8 cm³/mol. The first-order valence-corrected chi connectivity index (χ1v) is 5.79. The van der Waals surface area contributed by atoms with Crippen LogP contribution < -0.4 is 0 Å². The Bertz CT molecular complexity index is 267. The summed E-state index contributed by atoms with van der Waals surface area (Å²) in [5.74, 6) is 0. The van der Waals surface area contributed by atoms with Gasteiger partial charge in [0.05, 0.1) is 13.2 Å². The molecule has 1 aliphatic rings. The highest BCUT2D eigenvalue weighted by molar-refractivity contribution is 5.13. The molecule has 2 rings (SSSR count). The molecule has 82 valence electrons. The third-order valence-corrected chi connectivity index (χ3v) is 2.86. The molecular formula is C13H19NO. The molecule has 0 atom stereocenters. The van der Waals surface area contributed by atoms with Crippen LogP contribution in [0.25, 0.3) is 0 Å². The van der Waals surface area contributed by atoms with Gasteiger partial charge in [-0.1, -0.05) is 30.3 Å². The van der Waals surface area contributed by atoms with Gasteiger partial charge in [-0.25, -0.2) is 0 Å². The molecule has 1 aromatic carbocycles. The van der Waals surface area contributed by atoms with Crippen LogP contribution in [0, 0.1) is 0 Å². The topological polar surface area (TPSA) is 12.5 Å². The smallest absolute Gasteiger partial charge is 0.0717 e. The summed E-state index contributed by atoms with van der Waals surface area (Å²) < 4.78 is 5.64. The molecule has 0 spiro atoms. The minimum absolute atomic E-state index is 0.745. The van der Waals surface area contributed by atoms with Gasteiger partial charge in [-0.2, -0.15) is 0 Å². The van der Waals surface area contributed by atoms with Crippen LogP contribution in [0.5, 0.6) is 0 Å². The highest BCUT2D eigenvalue weighted by atomic mass is 16.5. The SMILES string of the molecule is c1ccc(COCCN2CCCC2)cc1. The van der Waals surface area contributed by atoms with Crippen LogP contribution in [-0.2, 0) is 11.3 Å². The Labute approximate surface area is 91.9 Å². The van der Waals surface area contributed by atoms with Crippen molar-refractivity contribution in [2.24, 2.45) is 0 Å². The Kier molecular flexibility index (Phi) is 4.18. The maximum Gasteiger partial charge on any atom is 0.0717 e. The number of benzene rings is 1. The fourth-order valence-corrected chi connectivity index (χ4v) is 1.96. The van der Waals surface area contributed by atoms with Crippen molar-refractivity contribution in [3.05, 3.63) is 35.9 Å². The van der Waals surface area contributed by atoms with E-state index >= 15 is 0 Å². The van der Waals surface area contributed by atoms with Crippen LogP contribution in [0.15, 0.2) is 30.3 Å². The monoisotopic (exact) mass is 205 g/mol. The molecular weight excluding hydrogens is 186 g/mol. The largest absolute Gasteiger partial charge is 0.375 e. The van der Waals surface area contributed by atoms with E-state index in [1.807, 2.05) is 6.07 Å². The van der Waals surface area contributed by atoms with Gasteiger partial charge in [0.25, 0.3) is 0 Å². The zero-order chi connectivity index (χ0) is 10.3. The van der Waals surface area contributed by atoms with Gasteiger partial charge >= 0.3 is 0 Å². The summed E-state index contributed by atoms with van der Waals surface area (Å²) in [6.07, 6.45) is 2.72. The molecule has 0 bridgehead atoms. The molecule has 0 aromatic heterocycles. The lowest BCUT2D eigenvalue weighted by molar-refractivity contribution is 0.0992. The molecule has 1 aromatic rings. The molecule has 0 N–H and O–H groups in total. The summed E-state index contributed by atoms with van der Waals surface area (Å²) in [4.78, 5) is 2.48. The molecule has 0 saturated carbocycles. The predicted octanol–water partition coefficient (Wildman–Crippen LogP) is 2.30. The minimum Gasteiger partial charge on any atom is -0.375 e. The first-order chi connectivity index (χ1) is 7.45. The Morgan fingerprint density at radius 1 is 1.07 bits per heavy atom. The lowest BCUT2D eigenvalue weighted by atomic mass is 10.2. The summed E-state index contributed by atoms with van der Waals surface area (Å²) in [6, 6.07) is 10.4. The number of likely N-dealkylation sites (tertiary alicyclic amines) is 1. The maximum absolute atomic E-state index is 5.64. The third kappa shape index (κ3) is 3.65. The van der Waals surface area contributed by atoms with Gasteiger partial charge in [-0.3, -0.25) is 0 Å². The van der Waals surface area contributed by atoms with Crippen LogP contribution in [0.4, 0.5) is 0 Å². The van der Waals surface area contributed by atoms with E-state index in [0.717, 1.165) is 19.8 Å². The summed E-state index contributed by atoms with van der Waals surface area (Å²) in [5.41, 5.74) is 1.26. The number of hydrogen-bond acceptors (Lipinski definition) is 2. The zero-order valence-electron chi connectivity index (χ0n) is 9.19. The summed E-state index contributed by atoms with van der Waals surface area (Å²) >= 11 is 0. The Hall–Kier alpha value is -0.860. The van der Waals surface area contributed by atoms with E-state index in [1.54, 1.807) is 0 Å². The van der Waals surface area contributed by atoms with Crippen molar-refractivity contribution in [1.82, 2.24) is 4.90 Å². The standard InChI is InChI=1S/C13H19NO/c1-2-6-13(7-3-1)12-15-11-10-14-8-4-5-9-14/h1-3,6-7H,4-5,8-12H2.